The molecule has 0 spiro atoms. The topological polar surface area (TPSA) is 67.7 Å². The van der Waals surface area contributed by atoms with Gasteiger partial charge >= 0.3 is 12.3 Å². The van der Waals surface area contributed by atoms with Gasteiger partial charge in [0.05, 0.1) is 5.88 Å². The van der Waals surface area contributed by atoms with Crippen LogP contribution in [-0.2, 0) is 28.1 Å². The number of aromatic nitrogens is 2. The molecule has 1 aromatic heterocycles. The van der Waals surface area contributed by atoms with Gasteiger partial charge in [-0.15, -0.1) is 11.6 Å². The van der Waals surface area contributed by atoms with Crippen LogP contribution in [0, 0.1) is 0 Å². The summed E-state index contributed by atoms with van der Waals surface area (Å²) in [5.41, 5.74) is -1.87. The van der Waals surface area contributed by atoms with Crippen LogP contribution in [0.2, 0.25) is 0 Å². The molecular formula is C16H22ClF3N4O3. The molecule has 1 fully saturated rings. The third-order valence-corrected chi connectivity index (χ3v) is 4.12. The van der Waals surface area contributed by atoms with Gasteiger partial charge in [0.2, 0.25) is 5.91 Å². The summed E-state index contributed by atoms with van der Waals surface area (Å²) in [6.45, 7) is 6.09. The van der Waals surface area contributed by atoms with E-state index in [-0.39, 0.29) is 37.0 Å². The molecule has 2 rings (SSSR count). The van der Waals surface area contributed by atoms with E-state index in [0.29, 0.717) is 13.1 Å². The number of amides is 2. The number of nitrogens with zero attached hydrogens (tertiary/aromatic N) is 4. The molecule has 1 saturated heterocycles. The molecule has 0 radical (unpaired) electrons. The van der Waals surface area contributed by atoms with Gasteiger partial charge in [-0.3, -0.25) is 9.48 Å². The molecule has 0 bridgehead atoms. The van der Waals surface area contributed by atoms with E-state index in [1.165, 1.54) is 9.80 Å². The van der Waals surface area contributed by atoms with Gasteiger partial charge in [-0.1, -0.05) is 0 Å². The fourth-order valence-corrected chi connectivity index (χ4v) is 2.78. The van der Waals surface area contributed by atoms with E-state index in [2.05, 4.69) is 5.10 Å². The molecule has 2 amide bonds. The molecule has 0 aliphatic carbocycles. The maximum Gasteiger partial charge on any atom is 0.435 e. The van der Waals surface area contributed by atoms with Crippen LogP contribution in [0.25, 0.3) is 0 Å². The smallest absolute Gasteiger partial charge is 0.435 e. The first-order valence-electron chi connectivity index (χ1n) is 8.36. The number of hydrogen-bond acceptors (Lipinski definition) is 4. The lowest BCUT2D eigenvalue weighted by molar-refractivity contribution is -0.142. The highest BCUT2D eigenvalue weighted by molar-refractivity contribution is 6.17. The Balaban J connectivity index is 1.93. The zero-order valence-electron chi connectivity index (χ0n) is 15.3. The van der Waals surface area contributed by atoms with Gasteiger partial charge in [-0.2, -0.15) is 18.3 Å². The molecule has 152 valence electrons. The van der Waals surface area contributed by atoms with Crippen LogP contribution < -0.4 is 0 Å². The fourth-order valence-electron chi connectivity index (χ4n) is 2.58. The van der Waals surface area contributed by atoms with Crippen molar-refractivity contribution in [2.24, 2.45) is 0 Å². The van der Waals surface area contributed by atoms with E-state index in [1.54, 1.807) is 20.8 Å². The van der Waals surface area contributed by atoms with E-state index >= 15 is 0 Å². The average Bonchev–Trinajstić information content (AvgIpc) is 2.96. The standard InChI is InChI=1S/C16H22ClF3N4O3/c1-15(2,3)27-14(26)23-6-4-22(5-7-23)12(25)10-24-9-11(8-17)13(21-24)16(18,19)20/h9H,4-8,10H2,1-3H3. The molecular weight excluding hydrogens is 389 g/mol. The summed E-state index contributed by atoms with van der Waals surface area (Å²) in [6, 6.07) is 0. The first-order chi connectivity index (χ1) is 12.4. The van der Waals surface area contributed by atoms with Crippen LogP contribution in [0.5, 0.6) is 0 Å². The van der Waals surface area contributed by atoms with Crippen molar-refractivity contribution in [3.05, 3.63) is 17.5 Å². The van der Waals surface area contributed by atoms with Crippen molar-refractivity contribution in [3.63, 3.8) is 0 Å². The van der Waals surface area contributed by atoms with Gasteiger partial charge < -0.3 is 14.5 Å². The number of halogens is 4. The summed E-state index contributed by atoms with van der Waals surface area (Å²) in [6.07, 6.45) is -3.95. The molecule has 11 heteroatoms. The van der Waals surface area contributed by atoms with Gasteiger partial charge in [-0.25, -0.2) is 4.79 Å². The number of carbonyl (C=O) groups is 2. The minimum absolute atomic E-state index is 0.174. The Morgan fingerprint density at radius 1 is 1.15 bits per heavy atom. The lowest BCUT2D eigenvalue weighted by Gasteiger charge is -2.35. The fraction of sp³-hybridized carbons (Fsp3) is 0.688. The molecule has 1 aromatic rings. The molecule has 1 aliphatic heterocycles. The van der Waals surface area contributed by atoms with E-state index in [4.69, 9.17) is 16.3 Å². The van der Waals surface area contributed by atoms with Gasteiger partial charge in [0.1, 0.15) is 12.1 Å². The molecule has 0 unspecified atom stereocenters. The molecule has 0 saturated carbocycles. The Morgan fingerprint density at radius 3 is 2.15 bits per heavy atom. The largest absolute Gasteiger partial charge is 0.444 e. The third-order valence-electron chi connectivity index (χ3n) is 3.83. The average molecular weight is 411 g/mol. The number of piperazine rings is 1. The van der Waals surface area contributed by atoms with Crippen molar-refractivity contribution in [1.29, 1.82) is 0 Å². The van der Waals surface area contributed by atoms with Crippen LogP contribution in [0.15, 0.2) is 6.20 Å². The molecule has 7 nitrogen and oxygen atoms in total. The SMILES string of the molecule is CC(C)(C)OC(=O)N1CCN(C(=O)Cn2cc(CCl)c(C(F)(F)F)n2)CC1. The van der Waals surface area contributed by atoms with Crippen molar-refractivity contribution in [2.45, 2.75) is 45.0 Å². The summed E-state index contributed by atoms with van der Waals surface area (Å²) in [5.74, 6) is -0.728. The molecule has 2 heterocycles. The Morgan fingerprint density at radius 2 is 1.70 bits per heavy atom. The van der Waals surface area contributed by atoms with E-state index < -0.39 is 23.6 Å². The van der Waals surface area contributed by atoms with Crippen LogP contribution in [0.3, 0.4) is 0 Å². The number of carbonyl (C=O) groups excluding carboxylic acids is 2. The monoisotopic (exact) mass is 410 g/mol. The lowest BCUT2D eigenvalue weighted by atomic mass is 10.2. The van der Waals surface area contributed by atoms with E-state index in [0.717, 1.165) is 10.9 Å². The van der Waals surface area contributed by atoms with E-state index in [9.17, 15) is 22.8 Å². The predicted octanol–water partition coefficient (Wildman–Crippen LogP) is 2.72. The number of rotatable bonds is 3. The molecule has 27 heavy (non-hydrogen) atoms. The van der Waals surface area contributed by atoms with Crippen LogP contribution in [0.1, 0.15) is 32.0 Å². The summed E-state index contributed by atoms with van der Waals surface area (Å²) in [4.78, 5) is 27.3. The zero-order valence-corrected chi connectivity index (χ0v) is 16.1. The summed E-state index contributed by atoms with van der Waals surface area (Å²) in [7, 11) is 0. The molecule has 0 aromatic carbocycles. The second kappa shape index (κ2) is 7.95. The second-order valence-electron chi connectivity index (χ2n) is 7.18. The van der Waals surface area contributed by atoms with Crippen molar-refractivity contribution in [1.82, 2.24) is 19.6 Å². The van der Waals surface area contributed by atoms with Gasteiger partial charge in [-0.05, 0) is 20.8 Å². The van der Waals surface area contributed by atoms with Crippen molar-refractivity contribution in [3.8, 4) is 0 Å². The minimum atomic E-state index is -4.63. The van der Waals surface area contributed by atoms with Gasteiger partial charge in [0.15, 0.2) is 5.69 Å². The highest BCUT2D eigenvalue weighted by atomic mass is 35.5. The Hall–Kier alpha value is -1.97. The van der Waals surface area contributed by atoms with Crippen molar-refractivity contribution >= 4 is 23.6 Å². The van der Waals surface area contributed by atoms with Crippen molar-refractivity contribution in [2.75, 3.05) is 26.2 Å². The van der Waals surface area contributed by atoms with Crippen molar-refractivity contribution < 1.29 is 27.5 Å². The predicted molar refractivity (Wildman–Crippen MR) is 91.2 cm³/mol. The maximum atomic E-state index is 12.9. The quantitative estimate of drug-likeness (QED) is 0.718. The maximum absolute atomic E-state index is 12.9. The highest BCUT2D eigenvalue weighted by Gasteiger charge is 2.37. The Bertz CT molecular complexity index is 692. The second-order valence-corrected chi connectivity index (χ2v) is 7.45. The molecule has 0 N–H and O–H groups in total. The normalized spacial score (nSPS) is 15.8. The van der Waals surface area contributed by atoms with Gasteiger partial charge in [0, 0.05) is 37.9 Å². The summed E-state index contributed by atoms with van der Waals surface area (Å²) in [5, 5.41) is 3.45. The first-order valence-corrected chi connectivity index (χ1v) is 8.89. The Labute approximate surface area is 160 Å². The minimum Gasteiger partial charge on any atom is -0.444 e. The number of ether oxygens (including phenoxy) is 1. The van der Waals surface area contributed by atoms with Crippen LogP contribution >= 0.6 is 11.6 Å². The molecule has 0 atom stereocenters. The highest BCUT2D eigenvalue weighted by Crippen LogP contribution is 2.31. The number of alkyl halides is 4. The summed E-state index contributed by atoms with van der Waals surface area (Å²) >= 11 is 5.53. The third kappa shape index (κ3) is 5.75. The number of hydrogen-bond donors (Lipinski definition) is 0. The zero-order chi connectivity index (χ0) is 20.4. The van der Waals surface area contributed by atoms with E-state index in [1.807, 2.05) is 0 Å². The lowest BCUT2D eigenvalue weighted by Crippen LogP contribution is -2.52. The summed E-state index contributed by atoms with van der Waals surface area (Å²) < 4.78 is 44.9. The molecule has 1 aliphatic rings. The van der Waals surface area contributed by atoms with Crippen LogP contribution in [-0.4, -0.2) is 63.4 Å². The van der Waals surface area contributed by atoms with Gasteiger partial charge in [0.25, 0.3) is 0 Å². The van der Waals surface area contributed by atoms with Crippen LogP contribution in [0.4, 0.5) is 18.0 Å². The first kappa shape index (κ1) is 21.3. The Kier molecular flexibility index (Phi) is 6.28.